The Labute approximate surface area is 328 Å². The normalized spacial score (nSPS) is 13.9. The van der Waals surface area contributed by atoms with Gasteiger partial charge in [0.1, 0.15) is 19.8 Å². The molecule has 0 amide bonds. The van der Waals surface area contributed by atoms with Crippen molar-refractivity contribution in [1.29, 1.82) is 0 Å². The Morgan fingerprint density at radius 3 is 1.45 bits per heavy atom. The average Bonchev–Trinajstić information content (AvgIpc) is 3.11. The molecule has 0 radical (unpaired) electrons. The van der Waals surface area contributed by atoms with Crippen molar-refractivity contribution in [2.75, 3.05) is 47.5 Å². The van der Waals surface area contributed by atoms with Crippen molar-refractivity contribution in [2.24, 2.45) is 0 Å². The Kier molecular flexibility index (Phi) is 36.9. The lowest BCUT2D eigenvalue weighted by Gasteiger charge is -2.24. The zero-order chi connectivity index (χ0) is 39.1. The van der Waals surface area contributed by atoms with E-state index in [0.717, 1.165) is 32.1 Å². The highest BCUT2D eigenvalue weighted by Gasteiger charge is 2.26. The van der Waals surface area contributed by atoms with Crippen molar-refractivity contribution >= 4 is 13.8 Å². The number of carbonyl (C=O) groups is 1. The fourth-order valence-corrected chi connectivity index (χ4v) is 6.84. The van der Waals surface area contributed by atoms with E-state index in [9.17, 15) is 14.3 Å². The first-order valence-electron chi connectivity index (χ1n) is 22.1. The molecular formula is C44H87NO7P+. The summed E-state index contributed by atoms with van der Waals surface area (Å²) < 4.78 is 34.7. The Hall–Kier alpha value is -1.18. The second-order valence-electron chi connectivity index (χ2n) is 16.1. The number of quaternary nitrogens is 1. The number of phosphoric acid groups is 1. The SMILES string of the molecule is CCCCCCCC/C=C/CCCCCCCCCC(=O)O[C@H](CO/C=C/CCCCCCCCCCCCCC)COP(=O)(O)OCC[N+](C)(C)C. The van der Waals surface area contributed by atoms with Crippen molar-refractivity contribution in [2.45, 2.75) is 206 Å². The molecule has 1 unspecified atom stereocenters. The number of carbonyl (C=O) groups excluding carboxylic acids is 1. The largest absolute Gasteiger partial charge is 0.498 e. The maximum Gasteiger partial charge on any atom is 0.472 e. The highest BCUT2D eigenvalue weighted by molar-refractivity contribution is 7.47. The van der Waals surface area contributed by atoms with Gasteiger partial charge in [0, 0.05) is 6.42 Å². The minimum Gasteiger partial charge on any atom is -0.498 e. The van der Waals surface area contributed by atoms with Crippen molar-refractivity contribution in [3.8, 4) is 0 Å². The van der Waals surface area contributed by atoms with Crippen molar-refractivity contribution in [1.82, 2.24) is 0 Å². The number of rotatable bonds is 41. The molecule has 314 valence electrons. The molecule has 0 saturated heterocycles. The van der Waals surface area contributed by atoms with E-state index in [-0.39, 0.29) is 25.8 Å². The van der Waals surface area contributed by atoms with Gasteiger partial charge in [-0.2, -0.15) is 0 Å². The number of phosphoric ester groups is 1. The Balaban J connectivity index is 4.27. The molecule has 0 bridgehead atoms. The molecule has 0 saturated carbocycles. The minimum atomic E-state index is -4.29. The van der Waals surface area contributed by atoms with Gasteiger partial charge in [-0.15, -0.1) is 0 Å². The van der Waals surface area contributed by atoms with E-state index in [1.54, 1.807) is 6.26 Å². The zero-order valence-corrected chi connectivity index (χ0v) is 36.4. The highest BCUT2D eigenvalue weighted by atomic mass is 31.2. The Morgan fingerprint density at radius 2 is 1.00 bits per heavy atom. The molecule has 8 nitrogen and oxygen atoms in total. The van der Waals surface area contributed by atoms with Crippen LogP contribution in [0.5, 0.6) is 0 Å². The molecule has 0 rings (SSSR count). The molecule has 0 spiro atoms. The molecule has 1 N–H and O–H groups in total. The summed E-state index contributed by atoms with van der Waals surface area (Å²) in [6.45, 7) is 4.94. The van der Waals surface area contributed by atoms with Crippen LogP contribution in [-0.4, -0.2) is 69.0 Å². The van der Waals surface area contributed by atoms with E-state index in [1.807, 2.05) is 27.2 Å². The highest BCUT2D eigenvalue weighted by Crippen LogP contribution is 2.43. The summed E-state index contributed by atoms with van der Waals surface area (Å²) in [5.41, 5.74) is 0. The number of likely N-dealkylation sites (N-methyl/N-ethyl adjacent to an activating group) is 1. The predicted molar refractivity (Wildman–Crippen MR) is 224 cm³/mol. The topological polar surface area (TPSA) is 91.3 Å². The summed E-state index contributed by atoms with van der Waals surface area (Å²) in [7, 11) is 1.64. The summed E-state index contributed by atoms with van der Waals surface area (Å²) >= 11 is 0. The fraction of sp³-hybridized carbons (Fsp3) is 0.886. The average molecular weight is 773 g/mol. The lowest BCUT2D eigenvalue weighted by atomic mass is 10.0. The van der Waals surface area contributed by atoms with Gasteiger partial charge in [0.25, 0.3) is 0 Å². The molecule has 2 atom stereocenters. The molecular weight excluding hydrogens is 685 g/mol. The summed E-state index contributed by atoms with van der Waals surface area (Å²) in [6.07, 6.45) is 43.0. The Morgan fingerprint density at radius 1 is 0.585 bits per heavy atom. The van der Waals surface area contributed by atoms with Gasteiger partial charge in [-0.1, -0.05) is 161 Å². The van der Waals surface area contributed by atoms with Gasteiger partial charge >= 0.3 is 13.8 Å². The van der Waals surface area contributed by atoms with Crippen LogP contribution in [0.4, 0.5) is 0 Å². The Bertz CT molecular complexity index is 905. The van der Waals surface area contributed by atoms with Crippen LogP contribution >= 0.6 is 7.82 Å². The van der Waals surface area contributed by atoms with E-state index in [4.69, 9.17) is 18.5 Å². The summed E-state index contributed by atoms with van der Waals surface area (Å²) in [5, 5.41) is 0. The van der Waals surface area contributed by atoms with Crippen molar-refractivity contribution in [3.05, 3.63) is 24.5 Å². The van der Waals surface area contributed by atoms with Crippen LogP contribution in [0.2, 0.25) is 0 Å². The minimum absolute atomic E-state index is 0.0494. The lowest BCUT2D eigenvalue weighted by molar-refractivity contribution is -0.870. The van der Waals surface area contributed by atoms with Crippen LogP contribution in [0.3, 0.4) is 0 Å². The second-order valence-corrected chi connectivity index (χ2v) is 17.6. The molecule has 0 aromatic heterocycles. The van der Waals surface area contributed by atoms with Gasteiger partial charge < -0.3 is 18.9 Å². The number of allylic oxidation sites excluding steroid dienone is 3. The molecule has 0 aliphatic heterocycles. The molecule has 0 aromatic rings. The van der Waals surface area contributed by atoms with Gasteiger partial charge in [-0.3, -0.25) is 13.8 Å². The van der Waals surface area contributed by atoms with Crippen molar-refractivity contribution in [3.63, 3.8) is 0 Å². The quantitative estimate of drug-likeness (QED) is 0.0165. The van der Waals surface area contributed by atoms with Gasteiger partial charge in [0.2, 0.25) is 0 Å². The van der Waals surface area contributed by atoms with E-state index in [0.29, 0.717) is 17.4 Å². The summed E-state index contributed by atoms with van der Waals surface area (Å²) in [5.74, 6) is -0.339. The van der Waals surface area contributed by atoms with Crippen LogP contribution in [-0.2, 0) is 27.9 Å². The maximum atomic E-state index is 12.7. The molecule has 0 aliphatic rings. The van der Waals surface area contributed by atoms with E-state index < -0.39 is 13.9 Å². The number of unbranched alkanes of at least 4 members (excludes halogenated alkanes) is 25. The van der Waals surface area contributed by atoms with Crippen LogP contribution in [0.25, 0.3) is 0 Å². The first-order valence-corrected chi connectivity index (χ1v) is 23.6. The van der Waals surface area contributed by atoms with Gasteiger partial charge in [0.05, 0.1) is 34.0 Å². The molecule has 0 fully saturated rings. The van der Waals surface area contributed by atoms with Crippen LogP contribution in [0.15, 0.2) is 24.5 Å². The van der Waals surface area contributed by atoms with E-state index in [2.05, 4.69) is 26.0 Å². The first kappa shape index (κ1) is 51.8. The van der Waals surface area contributed by atoms with Gasteiger partial charge in [-0.25, -0.2) is 4.57 Å². The standard InChI is InChI=1S/C44H86NO7P/c1-6-8-10-12-14-16-18-20-22-23-24-25-27-29-31-33-35-37-44(46)52-43(42-51-53(47,48)50-40-38-45(3,4)5)41-49-39-36-34-32-30-28-26-21-19-17-15-13-11-9-7-2/h20,22,36,39,43H,6-19,21,23-35,37-38,40-42H2,1-5H3/p+1/b22-20+,39-36+/t43-/m1/s1. The third-order valence-corrected chi connectivity index (χ3v) is 10.6. The number of nitrogens with zero attached hydrogens (tertiary/aromatic N) is 1. The fourth-order valence-electron chi connectivity index (χ4n) is 6.10. The van der Waals surface area contributed by atoms with Crippen molar-refractivity contribution < 1.29 is 37.3 Å². The number of hydrogen-bond acceptors (Lipinski definition) is 6. The maximum absolute atomic E-state index is 12.7. The van der Waals surface area contributed by atoms with Crippen LogP contribution in [0, 0.1) is 0 Å². The number of ether oxygens (including phenoxy) is 2. The molecule has 0 aliphatic carbocycles. The summed E-state index contributed by atoms with van der Waals surface area (Å²) in [4.78, 5) is 22.8. The smallest absolute Gasteiger partial charge is 0.472 e. The molecule has 9 heteroatoms. The molecule has 0 heterocycles. The number of hydrogen-bond donors (Lipinski definition) is 1. The van der Waals surface area contributed by atoms with E-state index in [1.165, 1.54) is 148 Å². The third-order valence-electron chi connectivity index (χ3n) is 9.58. The molecule has 53 heavy (non-hydrogen) atoms. The van der Waals surface area contributed by atoms with E-state index >= 15 is 0 Å². The number of esters is 1. The predicted octanol–water partition coefficient (Wildman–Crippen LogP) is 13.2. The monoisotopic (exact) mass is 773 g/mol. The van der Waals surface area contributed by atoms with Gasteiger partial charge in [0.15, 0.2) is 6.10 Å². The van der Waals surface area contributed by atoms with Crippen LogP contribution < -0.4 is 0 Å². The molecule has 0 aromatic carbocycles. The van der Waals surface area contributed by atoms with Gasteiger partial charge in [-0.05, 0) is 51.0 Å². The summed E-state index contributed by atoms with van der Waals surface area (Å²) in [6, 6.07) is 0. The second kappa shape index (κ2) is 37.7. The van der Waals surface area contributed by atoms with Crippen LogP contribution in [0.1, 0.15) is 200 Å². The third kappa shape index (κ3) is 41.8. The first-order chi connectivity index (χ1) is 25.6. The zero-order valence-electron chi connectivity index (χ0n) is 35.5. The lowest BCUT2D eigenvalue weighted by Crippen LogP contribution is -2.37.